The summed E-state index contributed by atoms with van der Waals surface area (Å²) in [5.41, 5.74) is 4.09. The van der Waals surface area contributed by atoms with Gasteiger partial charge in [0.2, 0.25) is 0 Å². The van der Waals surface area contributed by atoms with Crippen LogP contribution in [0.25, 0.3) is 22.3 Å². The molecule has 0 bridgehead atoms. The molecule has 0 saturated heterocycles. The van der Waals surface area contributed by atoms with Crippen molar-refractivity contribution in [2.24, 2.45) is 0 Å². The molecule has 0 amide bonds. The second kappa shape index (κ2) is 9.07. The molecule has 2 N–H and O–H groups in total. The van der Waals surface area contributed by atoms with Crippen molar-refractivity contribution in [2.75, 3.05) is 18.2 Å². The quantitative estimate of drug-likeness (QED) is 0.408. The second-order valence-electron chi connectivity index (χ2n) is 7.78. The van der Waals surface area contributed by atoms with Gasteiger partial charge in [-0.2, -0.15) is 5.26 Å². The summed E-state index contributed by atoms with van der Waals surface area (Å²) in [7, 11) is -3.49. The van der Waals surface area contributed by atoms with E-state index >= 15 is 0 Å². The Morgan fingerprint density at radius 2 is 2.03 bits per heavy atom. The van der Waals surface area contributed by atoms with Gasteiger partial charge in [0.25, 0.3) is 0 Å². The minimum Gasteiger partial charge on any atom is -0.493 e. The summed E-state index contributed by atoms with van der Waals surface area (Å²) in [6.45, 7) is 5.97. The predicted molar refractivity (Wildman–Crippen MR) is 127 cm³/mol. The number of rotatable bonds is 7. The van der Waals surface area contributed by atoms with Gasteiger partial charge in [0.15, 0.2) is 21.3 Å². The Morgan fingerprint density at radius 3 is 2.74 bits per heavy atom. The lowest BCUT2D eigenvalue weighted by Crippen LogP contribution is -2.13. The summed E-state index contributed by atoms with van der Waals surface area (Å²) in [5.74, 6) is 1.05. The standard InChI is InChI=1S/C23H23N7O3S/c1-5-33-21-17(14(3)30-23-20-22(27-11-26-20)28-12-29-23)6-13(2)18(8-24)19(21)15-7-16(10-25-9-15)34(4,31)32/h6-7,9-12,14H,5H2,1-4H3,(H2,26,27,28,29,30)/t14-/m0/s1. The van der Waals surface area contributed by atoms with E-state index in [-0.39, 0.29) is 10.9 Å². The molecular weight excluding hydrogens is 454 g/mol. The molecule has 10 nitrogen and oxygen atoms in total. The fourth-order valence-corrected chi connectivity index (χ4v) is 4.38. The Balaban J connectivity index is 1.90. The van der Waals surface area contributed by atoms with Crippen molar-refractivity contribution in [1.29, 1.82) is 5.26 Å². The topological polar surface area (TPSA) is 147 Å². The number of benzene rings is 1. The van der Waals surface area contributed by atoms with Gasteiger partial charge in [-0.15, -0.1) is 0 Å². The van der Waals surface area contributed by atoms with Crippen LogP contribution in [0.3, 0.4) is 0 Å². The summed E-state index contributed by atoms with van der Waals surface area (Å²) >= 11 is 0. The maximum Gasteiger partial charge on any atom is 0.182 e. The zero-order valence-electron chi connectivity index (χ0n) is 19.1. The molecule has 0 fully saturated rings. The van der Waals surface area contributed by atoms with Gasteiger partial charge in [-0.3, -0.25) is 4.98 Å². The third-order valence-corrected chi connectivity index (χ3v) is 6.46. The highest BCUT2D eigenvalue weighted by atomic mass is 32.2. The molecule has 174 valence electrons. The number of aryl methyl sites for hydroxylation is 1. The minimum atomic E-state index is -3.49. The number of nitrogens with zero attached hydrogens (tertiary/aromatic N) is 5. The van der Waals surface area contributed by atoms with Crippen LogP contribution in [0.4, 0.5) is 5.82 Å². The average molecular weight is 478 g/mol. The van der Waals surface area contributed by atoms with Crippen LogP contribution in [0.1, 0.15) is 36.6 Å². The number of hydrogen-bond donors (Lipinski definition) is 2. The smallest absolute Gasteiger partial charge is 0.182 e. The summed E-state index contributed by atoms with van der Waals surface area (Å²) < 4.78 is 30.3. The van der Waals surface area contributed by atoms with Gasteiger partial charge in [-0.05, 0) is 38.5 Å². The molecule has 0 aliphatic heterocycles. The van der Waals surface area contributed by atoms with Gasteiger partial charge in [-0.1, -0.05) is 0 Å². The number of hydrogen-bond acceptors (Lipinski definition) is 9. The Labute approximate surface area is 197 Å². The molecule has 3 heterocycles. The van der Waals surface area contributed by atoms with E-state index in [1.165, 1.54) is 24.8 Å². The van der Waals surface area contributed by atoms with E-state index in [0.29, 0.717) is 46.0 Å². The summed E-state index contributed by atoms with van der Waals surface area (Å²) in [6.07, 6.45) is 6.92. The first-order valence-electron chi connectivity index (χ1n) is 10.5. The monoisotopic (exact) mass is 477 g/mol. The largest absolute Gasteiger partial charge is 0.493 e. The molecule has 4 aromatic rings. The normalized spacial score (nSPS) is 12.3. The van der Waals surface area contributed by atoms with Crippen LogP contribution >= 0.6 is 0 Å². The molecule has 0 saturated carbocycles. The fourth-order valence-electron chi connectivity index (χ4n) is 3.78. The van der Waals surface area contributed by atoms with E-state index in [4.69, 9.17) is 4.74 Å². The minimum absolute atomic E-state index is 0.0631. The molecular formula is C23H23N7O3S. The molecule has 0 radical (unpaired) electrons. The predicted octanol–water partition coefficient (Wildman–Crippen LogP) is 3.57. The van der Waals surface area contributed by atoms with Crippen LogP contribution in [-0.2, 0) is 9.84 Å². The van der Waals surface area contributed by atoms with Crippen molar-refractivity contribution >= 4 is 26.8 Å². The summed E-state index contributed by atoms with van der Waals surface area (Å²) in [6, 6.07) is 5.36. The van der Waals surface area contributed by atoms with E-state index in [1.807, 2.05) is 26.8 Å². The van der Waals surface area contributed by atoms with Gasteiger partial charge in [0.1, 0.15) is 23.7 Å². The van der Waals surface area contributed by atoms with Crippen molar-refractivity contribution < 1.29 is 13.2 Å². The van der Waals surface area contributed by atoms with E-state index in [1.54, 1.807) is 6.33 Å². The number of aromatic nitrogens is 5. The van der Waals surface area contributed by atoms with Crippen LogP contribution in [0.2, 0.25) is 0 Å². The number of aromatic amines is 1. The van der Waals surface area contributed by atoms with Crippen LogP contribution < -0.4 is 10.1 Å². The lowest BCUT2D eigenvalue weighted by atomic mass is 9.91. The van der Waals surface area contributed by atoms with Crippen LogP contribution in [0.15, 0.2) is 42.1 Å². The molecule has 11 heteroatoms. The zero-order valence-corrected chi connectivity index (χ0v) is 19.9. The zero-order chi connectivity index (χ0) is 24.5. The van der Waals surface area contributed by atoms with Gasteiger partial charge >= 0.3 is 0 Å². The van der Waals surface area contributed by atoms with E-state index in [9.17, 15) is 13.7 Å². The number of sulfone groups is 1. The highest BCUT2D eigenvalue weighted by Crippen LogP contribution is 2.42. The lowest BCUT2D eigenvalue weighted by Gasteiger charge is -2.23. The number of anilines is 1. The molecule has 3 aromatic heterocycles. The molecule has 1 atom stereocenters. The van der Waals surface area contributed by atoms with Crippen molar-refractivity contribution in [1.82, 2.24) is 24.9 Å². The molecule has 1 aromatic carbocycles. The van der Waals surface area contributed by atoms with Crippen molar-refractivity contribution in [3.8, 4) is 22.9 Å². The molecule has 4 rings (SSSR count). The van der Waals surface area contributed by atoms with Gasteiger partial charge in [0.05, 0.1) is 29.4 Å². The maximum absolute atomic E-state index is 12.1. The Kier molecular flexibility index (Phi) is 6.17. The molecule has 0 spiro atoms. The number of ether oxygens (including phenoxy) is 1. The maximum atomic E-state index is 12.1. The fraction of sp³-hybridized carbons (Fsp3) is 0.261. The first-order chi connectivity index (χ1) is 16.2. The van der Waals surface area contributed by atoms with Gasteiger partial charge in [0, 0.05) is 35.3 Å². The third-order valence-electron chi connectivity index (χ3n) is 5.38. The first kappa shape index (κ1) is 23.1. The second-order valence-corrected chi connectivity index (χ2v) is 9.79. The molecule has 0 unspecified atom stereocenters. The average Bonchev–Trinajstić information content (AvgIpc) is 3.29. The first-order valence-corrected chi connectivity index (χ1v) is 12.4. The van der Waals surface area contributed by atoms with E-state index < -0.39 is 9.84 Å². The third kappa shape index (κ3) is 4.27. The molecule has 0 aliphatic carbocycles. The van der Waals surface area contributed by atoms with Crippen molar-refractivity contribution in [3.63, 3.8) is 0 Å². The van der Waals surface area contributed by atoms with Crippen LogP contribution in [-0.4, -0.2) is 46.2 Å². The van der Waals surface area contributed by atoms with Crippen molar-refractivity contribution in [3.05, 3.63) is 53.9 Å². The highest BCUT2D eigenvalue weighted by Gasteiger charge is 2.24. The Morgan fingerprint density at radius 1 is 1.24 bits per heavy atom. The molecule has 34 heavy (non-hydrogen) atoms. The molecule has 0 aliphatic rings. The highest BCUT2D eigenvalue weighted by molar-refractivity contribution is 7.90. The number of nitriles is 1. The van der Waals surface area contributed by atoms with Crippen LogP contribution in [0, 0.1) is 18.3 Å². The Hall–Kier alpha value is -4.04. The number of pyridine rings is 1. The SMILES string of the molecule is CCOc1c([C@H](C)Nc2ncnc3nc[nH]c23)cc(C)c(C#N)c1-c1cncc(S(C)(=O)=O)c1. The van der Waals surface area contributed by atoms with E-state index in [0.717, 1.165) is 17.4 Å². The number of imidazole rings is 1. The summed E-state index contributed by atoms with van der Waals surface area (Å²) in [4.78, 5) is 19.8. The van der Waals surface area contributed by atoms with Crippen LogP contribution in [0.5, 0.6) is 5.75 Å². The van der Waals surface area contributed by atoms with Gasteiger partial charge in [-0.25, -0.2) is 23.4 Å². The van der Waals surface area contributed by atoms with E-state index in [2.05, 4.69) is 36.3 Å². The van der Waals surface area contributed by atoms with Crippen molar-refractivity contribution in [2.45, 2.75) is 31.7 Å². The Bertz CT molecular complexity index is 1520. The van der Waals surface area contributed by atoms with Gasteiger partial charge < -0.3 is 15.0 Å². The number of fused-ring (bicyclic) bond motifs is 1. The summed E-state index contributed by atoms with van der Waals surface area (Å²) in [5, 5.41) is 13.3. The number of H-pyrrole nitrogens is 1. The number of nitrogens with one attached hydrogen (secondary N) is 2. The lowest BCUT2D eigenvalue weighted by molar-refractivity contribution is 0.336.